The molecule has 2 unspecified atom stereocenters. The number of carbonyl (C=O) groups is 5. The average molecular weight is 846 g/mol. The number of aliphatic hydroxyl groups excluding tert-OH is 2. The van der Waals surface area contributed by atoms with Gasteiger partial charge in [0.1, 0.15) is 42.9 Å². The molecule has 2 aliphatic rings. The summed E-state index contributed by atoms with van der Waals surface area (Å²) in [4.78, 5) is 93.7. The van der Waals surface area contributed by atoms with E-state index in [0.717, 1.165) is 40.9 Å². The number of aromatic nitrogens is 4. The van der Waals surface area contributed by atoms with E-state index < -0.39 is 119 Å². The molecule has 28 heteroatoms. The van der Waals surface area contributed by atoms with Crippen LogP contribution < -0.4 is 5.73 Å². The minimum atomic E-state index is -5.74. The molecule has 0 spiro atoms. The van der Waals surface area contributed by atoms with Crippen molar-refractivity contribution in [3.63, 3.8) is 0 Å². The fourth-order valence-electron chi connectivity index (χ4n) is 5.42. The number of nitrogens with two attached hydrogens (primary N) is 1. The minimum absolute atomic E-state index is 0.0242. The maximum absolute atomic E-state index is 13.4. The van der Waals surface area contributed by atoms with Crippen LogP contribution in [0.15, 0.2) is 12.7 Å². The number of imidazole rings is 1. The topological polar surface area (TPSA) is 345 Å². The zero-order chi connectivity index (χ0) is 41.0. The van der Waals surface area contributed by atoms with Crippen LogP contribution in [-0.2, 0) is 86.9 Å². The molecule has 2 fully saturated rings. The van der Waals surface area contributed by atoms with Gasteiger partial charge in [-0.3, -0.25) is 33.1 Å². The summed E-state index contributed by atoms with van der Waals surface area (Å²) < 4.78 is 66.9. The van der Waals surface area contributed by atoms with E-state index >= 15 is 0 Å². The Hall–Kier alpha value is -3.78. The number of anilines is 1. The minimum Gasteiger partial charge on any atom is -0.462 e. The van der Waals surface area contributed by atoms with Gasteiger partial charge >= 0.3 is 44.4 Å². The van der Waals surface area contributed by atoms with E-state index in [4.69, 9.17) is 64.1 Å². The Kier molecular flexibility index (Phi) is 14.4. The van der Waals surface area contributed by atoms with E-state index in [0.29, 0.717) is 0 Å². The average Bonchev–Trinajstić information content (AvgIpc) is 3.60. The molecule has 0 bridgehead atoms. The Bertz CT molecular complexity index is 1870. The predicted molar refractivity (Wildman–Crippen MR) is 178 cm³/mol. The van der Waals surface area contributed by atoms with Crippen LogP contribution in [-0.4, -0.2) is 138 Å². The highest BCUT2D eigenvalue weighted by Crippen LogP contribution is 2.62. The molecule has 4 heterocycles. The fraction of sp³-hybridized carbons (Fsp3) is 0.630. The molecule has 306 valence electrons. The number of aliphatic hydroxyl groups is 2. The van der Waals surface area contributed by atoms with Gasteiger partial charge in [-0.15, -0.1) is 0 Å². The van der Waals surface area contributed by atoms with Gasteiger partial charge < -0.3 is 63.4 Å². The van der Waals surface area contributed by atoms with Crippen molar-refractivity contribution in [1.29, 1.82) is 0 Å². The number of fused-ring (bicyclic) bond motifs is 1. The lowest BCUT2D eigenvalue weighted by Gasteiger charge is -2.45. The maximum Gasteiger partial charge on any atom is 0.481 e. The standard InChI is InChI=1S/C27H37N5O20P2S/c1-10(33)43-6-16(45-11(2)34)20-21(46-12(3)35)22(47-13(4)36)23(48-14(5)37)27(50-20)51-53(40,41)52-54(42,55)44-7-15-18(38)19(39)26(49-15)32-9-31-17-24(28)29-8-30-25(17)32/h8-9,15-16,18-23,26-27,38-39H,6-7H2,1-5H3,(H,40,41)(H,42,55)(H2,28,29,30)/t15-,16-,18-,19-,20-,21-,22+,23+,26-,27+,54?/m1/s1. The van der Waals surface area contributed by atoms with E-state index in [-0.39, 0.29) is 17.0 Å². The molecule has 12 atom stereocenters. The first-order valence-electron chi connectivity index (χ1n) is 15.7. The number of nitrogen functional groups attached to an aromatic ring is 1. The molecular formula is C27H37N5O20P2S. The van der Waals surface area contributed by atoms with Crippen LogP contribution in [0.5, 0.6) is 0 Å². The smallest absolute Gasteiger partial charge is 0.462 e. The summed E-state index contributed by atoms with van der Waals surface area (Å²) in [5, 5.41) is 21.3. The van der Waals surface area contributed by atoms with Crippen LogP contribution in [0.25, 0.3) is 11.2 Å². The molecule has 2 aromatic heterocycles. The van der Waals surface area contributed by atoms with Crippen LogP contribution >= 0.6 is 14.5 Å². The summed E-state index contributed by atoms with van der Waals surface area (Å²) in [5.41, 5.74) is 6.10. The molecule has 55 heavy (non-hydrogen) atoms. The lowest BCUT2D eigenvalue weighted by atomic mass is 9.94. The van der Waals surface area contributed by atoms with Crippen LogP contribution in [0.3, 0.4) is 0 Å². The van der Waals surface area contributed by atoms with Gasteiger partial charge in [0.2, 0.25) is 6.29 Å². The molecule has 2 aliphatic heterocycles. The molecule has 2 aromatic rings. The zero-order valence-electron chi connectivity index (χ0n) is 29.3. The first-order valence-corrected chi connectivity index (χ1v) is 19.8. The first-order chi connectivity index (χ1) is 25.6. The summed E-state index contributed by atoms with van der Waals surface area (Å²) >= 11 is 4.87. The Morgan fingerprint density at radius 2 is 1.51 bits per heavy atom. The Labute approximate surface area is 315 Å². The summed E-state index contributed by atoms with van der Waals surface area (Å²) in [5.74, 6) is -5.00. The van der Waals surface area contributed by atoms with E-state index in [9.17, 15) is 48.5 Å². The van der Waals surface area contributed by atoms with Crippen molar-refractivity contribution in [2.75, 3.05) is 18.9 Å². The summed E-state index contributed by atoms with van der Waals surface area (Å²) in [6, 6.07) is 0. The zero-order valence-corrected chi connectivity index (χ0v) is 31.9. The number of ether oxygens (including phenoxy) is 7. The molecular weight excluding hydrogens is 808 g/mol. The molecule has 25 nitrogen and oxygen atoms in total. The van der Waals surface area contributed by atoms with Gasteiger partial charge in [0.15, 0.2) is 42.1 Å². The van der Waals surface area contributed by atoms with Crippen LogP contribution in [0, 0.1) is 0 Å². The fourth-order valence-corrected chi connectivity index (χ4v) is 8.52. The highest BCUT2D eigenvalue weighted by atomic mass is 32.5. The van der Waals surface area contributed by atoms with E-state index in [1.54, 1.807) is 0 Å². The lowest BCUT2D eigenvalue weighted by Crippen LogP contribution is -2.65. The molecule has 2 saturated heterocycles. The Balaban J connectivity index is 1.57. The second kappa shape index (κ2) is 18.0. The van der Waals surface area contributed by atoms with Crippen LogP contribution in [0.1, 0.15) is 40.8 Å². The lowest BCUT2D eigenvalue weighted by molar-refractivity contribution is -0.301. The van der Waals surface area contributed by atoms with Gasteiger partial charge in [0.25, 0.3) is 0 Å². The van der Waals surface area contributed by atoms with Crippen LogP contribution in [0.4, 0.5) is 5.82 Å². The van der Waals surface area contributed by atoms with Crippen molar-refractivity contribution < 1.29 is 95.1 Å². The molecule has 0 radical (unpaired) electrons. The number of rotatable bonds is 15. The third kappa shape index (κ3) is 11.4. The van der Waals surface area contributed by atoms with Crippen molar-refractivity contribution >= 4 is 73.2 Å². The van der Waals surface area contributed by atoms with Crippen molar-refractivity contribution in [3.8, 4) is 0 Å². The summed E-state index contributed by atoms with van der Waals surface area (Å²) in [6.07, 6.45) is -15.4. The van der Waals surface area contributed by atoms with Gasteiger partial charge in [-0.1, -0.05) is 0 Å². The van der Waals surface area contributed by atoms with Crippen LogP contribution in [0.2, 0.25) is 0 Å². The van der Waals surface area contributed by atoms with Crippen molar-refractivity contribution in [1.82, 2.24) is 19.5 Å². The SMILES string of the molecule is CC(=O)OC[C@@H](OC(C)=O)[C@H]1O[C@@H](OP(=O)(O)OP(O)(=S)OC[C@H]2O[C@@H](n3cnc4c(N)ncnc43)[C@H](O)[C@@H]2O)[C@@H](OC(C)=O)[C@@H](OC(C)=O)[C@@H]1OC(C)=O. The number of esters is 5. The van der Waals surface area contributed by atoms with Crippen molar-refractivity contribution in [2.24, 2.45) is 0 Å². The number of carbonyl (C=O) groups excluding carboxylic acids is 5. The molecule has 0 saturated carbocycles. The quantitative estimate of drug-likeness (QED) is 0.0766. The largest absolute Gasteiger partial charge is 0.481 e. The third-order valence-corrected chi connectivity index (χ3v) is 10.9. The van der Waals surface area contributed by atoms with Crippen molar-refractivity contribution in [3.05, 3.63) is 12.7 Å². The van der Waals surface area contributed by atoms with Gasteiger partial charge in [0.05, 0.1) is 12.9 Å². The van der Waals surface area contributed by atoms with Gasteiger partial charge in [0, 0.05) is 34.6 Å². The molecule has 0 aromatic carbocycles. The first kappa shape index (κ1) is 43.9. The van der Waals surface area contributed by atoms with Gasteiger partial charge in [-0.05, 0) is 11.8 Å². The highest BCUT2D eigenvalue weighted by molar-refractivity contribution is 8.08. The second-order valence-electron chi connectivity index (χ2n) is 11.7. The van der Waals surface area contributed by atoms with Gasteiger partial charge in [-0.2, -0.15) is 0 Å². The predicted octanol–water partition coefficient (Wildman–Crippen LogP) is -1.59. The Morgan fingerprint density at radius 3 is 2.11 bits per heavy atom. The van der Waals surface area contributed by atoms with Gasteiger partial charge in [-0.25, -0.2) is 23.8 Å². The van der Waals surface area contributed by atoms with Crippen molar-refractivity contribution in [2.45, 2.75) is 96.0 Å². The highest BCUT2D eigenvalue weighted by Gasteiger charge is 2.57. The summed E-state index contributed by atoms with van der Waals surface area (Å²) in [6.45, 7) is -1.80. The molecule has 0 amide bonds. The number of nitrogens with zero attached hydrogens (tertiary/aromatic N) is 4. The Morgan fingerprint density at radius 1 is 0.891 bits per heavy atom. The molecule has 0 aliphatic carbocycles. The monoisotopic (exact) mass is 845 g/mol. The number of hydrogen-bond donors (Lipinski definition) is 5. The number of hydrogen-bond acceptors (Lipinski definition) is 23. The molecule has 6 N–H and O–H groups in total. The normalized spacial score (nSPS) is 29.3. The number of phosphoric ester groups is 1. The van der Waals surface area contributed by atoms with E-state index in [1.165, 1.54) is 10.9 Å². The number of phosphoric acid groups is 1. The van der Waals surface area contributed by atoms with E-state index in [2.05, 4.69) is 15.0 Å². The third-order valence-electron chi connectivity index (χ3n) is 7.42. The maximum atomic E-state index is 13.4. The second-order valence-corrected chi connectivity index (χ2v) is 16.1. The van der Waals surface area contributed by atoms with E-state index in [1.807, 2.05) is 0 Å². The summed E-state index contributed by atoms with van der Waals surface area (Å²) in [7, 11) is -5.74. The molecule has 4 rings (SSSR count).